The van der Waals surface area contributed by atoms with E-state index in [1.165, 1.54) is 0 Å². The summed E-state index contributed by atoms with van der Waals surface area (Å²) in [5.41, 5.74) is -2.51. The second-order valence-corrected chi connectivity index (χ2v) is 4.38. The summed E-state index contributed by atoms with van der Waals surface area (Å²) in [4.78, 5) is 70.4. The number of hydrogen-bond acceptors (Lipinski definition) is 6. The molecular formula is C14H12O6. The van der Waals surface area contributed by atoms with Gasteiger partial charge in [0.05, 0.1) is 22.3 Å². The van der Waals surface area contributed by atoms with E-state index < -0.39 is 57.0 Å². The maximum Gasteiger partial charge on any atom is 0.201 e. The first-order valence-corrected chi connectivity index (χ1v) is 5.72. The van der Waals surface area contributed by atoms with Gasteiger partial charge in [-0.3, -0.25) is 28.8 Å². The summed E-state index contributed by atoms with van der Waals surface area (Å²) < 4.78 is 0. The Labute approximate surface area is 114 Å². The van der Waals surface area contributed by atoms with E-state index in [9.17, 15) is 28.8 Å². The van der Waals surface area contributed by atoms with Crippen LogP contribution in [0.15, 0.2) is 22.3 Å². The van der Waals surface area contributed by atoms with E-state index in [4.69, 9.17) is 0 Å². The minimum atomic E-state index is -1.04. The van der Waals surface area contributed by atoms with Crippen LogP contribution in [0.25, 0.3) is 0 Å². The highest BCUT2D eigenvalue weighted by atomic mass is 16.2. The average molecular weight is 276 g/mol. The molecule has 0 fully saturated rings. The fourth-order valence-corrected chi connectivity index (χ4v) is 2.05. The average Bonchev–Trinajstić information content (AvgIpc) is 2.28. The van der Waals surface area contributed by atoms with Gasteiger partial charge in [-0.15, -0.1) is 0 Å². The van der Waals surface area contributed by atoms with E-state index in [2.05, 4.69) is 0 Å². The van der Waals surface area contributed by atoms with Crippen LogP contribution in [0.2, 0.25) is 0 Å². The van der Waals surface area contributed by atoms with E-state index in [0.717, 1.165) is 27.7 Å². The molecular weight excluding hydrogens is 264 g/mol. The number of ketones is 6. The smallest absolute Gasteiger partial charge is 0.201 e. The lowest BCUT2D eigenvalue weighted by molar-refractivity contribution is -0.127. The van der Waals surface area contributed by atoms with Crippen molar-refractivity contribution in [2.45, 2.75) is 27.7 Å². The van der Waals surface area contributed by atoms with Gasteiger partial charge >= 0.3 is 0 Å². The molecule has 104 valence electrons. The molecule has 0 radical (unpaired) electrons. The first-order valence-electron chi connectivity index (χ1n) is 5.72. The molecule has 0 heterocycles. The molecule has 0 saturated heterocycles. The van der Waals surface area contributed by atoms with Crippen molar-refractivity contribution in [2.75, 3.05) is 0 Å². The summed E-state index contributed by atoms with van der Waals surface area (Å²) in [5.74, 6) is -5.27. The number of hydrogen-bond donors (Lipinski definition) is 0. The third-order valence-electron chi connectivity index (χ3n) is 2.82. The highest BCUT2D eigenvalue weighted by molar-refractivity contribution is 6.51. The number of Topliss-reactive ketones (excluding diaryl/α,β-unsaturated/α-hetero) is 6. The van der Waals surface area contributed by atoms with Crippen LogP contribution in [0.1, 0.15) is 27.7 Å². The maximum atomic E-state index is 12.2. The monoisotopic (exact) mass is 276 g/mol. The van der Waals surface area contributed by atoms with E-state index in [1.54, 1.807) is 0 Å². The van der Waals surface area contributed by atoms with Crippen molar-refractivity contribution in [2.24, 2.45) is 0 Å². The van der Waals surface area contributed by atoms with Gasteiger partial charge in [0.25, 0.3) is 0 Å². The van der Waals surface area contributed by atoms with Crippen LogP contribution in [0.3, 0.4) is 0 Å². The van der Waals surface area contributed by atoms with Crippen molar-refractivity contribution in [3.8, 4) is 0 Å². The summed E-state index contributed by atoms with van der Waals surface area (Å²) >= 11 is 0. The number of allylic oxidation sites excluding steroid dienone is 4. The second-order valence-electron chi connectivity index (χ2n) is 4.38. The van der Waals surface area contributed by atoms with Crippen LogP contribution in [-0.4, -0.2) is 34.7 Å². The summed E-state index contributed by atoms with van der Waals surface area (Å²) in [5, 5.41) is 0. The van der Waals surface area contributed by atoms with Crippen LogP contribution in [0.4, 0.5) is 0 Å². The van der Waals surface area contributed by atoms with Gasteiger partial charge in [0, 0.05) is 0 Å². The van der Waals surface area contributed by atoms with Gasteiger partial charge in [0.1, 0.15) is 0 Å². The standard InChI is InChI=1S/C14H12O6/c1-5(15)9-10(6(2)16)14(20)12(8(4)18)11(7(3)17)13(9)19/h1-4H3. The Hall–Kier alpha value is -2.50. The van der Waals surface area contributed by atoms with Crippen molar-refractivity contribution in [1.29, 1.82) is 0 Å². The Morgan fingerprint density at radius 2 is 0.650 bits per heavy atom. The molecule has 0 spiro atoms. The van der Waals surface area contributed by atoms with E-state index in [-0.39, 0.29) is 0 Å². The molecule has 20 heavy (non-hydrogen) atoms. The largest absolute Gasteiger partial charge is 0.294 e. The quantitative estimate of drug-likeness (QED) is 0.532. The Bertz CT molecular complexity index is 547. The van der Waals surface area contributed by atoms with Crippen LogP contribution in [0.5, 0.6) is 0 Å². The Balaban J connectivity index is 3.81. The van der Waals surface area contributed by atoms with Gasteiger partial charge in [-0.25, -0.2) is 0 Å². The molecule has 6 heteroatoms. The lowest BCUT2D eigenvalue weighted by atomic mass is 9.78. The summed E-state index contributed by atoms with van der Waals surface area (Å²) in [6.45, 7) is 4.06. The van der Waals surface area contributed by atoms with Crippen molar-refractivity contribution >= 4 is 34.7 Å². The molecule has 0 aromatic rings. The highest BCUT2D eigenvalue weighted by Gasteiger charge is 2.41. The van der Waals surface area contributed by atoms with E-state index >= 15 is 0 Å². The van der Waals surface area contributed by atoms with Crippen LogP contribution < -0.4 is 0 Å². The van der Waals surface area contributed by atoms with Crippen molar-refractivity contribution in [1.82, 2.24) is 0 Å². The zero-order valence-corrected chi connectivity index (χ0v) is 11.4. The molecule has 6 nitrogen and oxygen atoms in total. The van der Waals surface area contributed by atoms with Gasteiger partial charge < -0.3 is 0 Å². The molecule has 0 bridgehead atoms. The zero-order chi connectivity index (χ0) is 15.8. The number of rotatable bonds is 4. The Morgan fingerprint density at radius 3 is 0.750 bits per heavy atom. The predicted molar refractivity (Wildman–Crippen MR) is 66.8 cm³/mol. The highest BCUT2D eigenvalue weighted by Crippen LogP contribution is 2.27. The zero-order valence-electron chi connectivity index (χ0n) is 11.4. The molecule has 0 aliphatic heterocycles. The second kappa shape index (κ2) is 5.24. The molecule has 0 saturated carbocycles. The van der Waals surface area contributed by atoms with Crippen LogP contribution >= 0.6 is 0 Å². The lowest BCUT2D eigenvalue weighted by Crippen LogP contribution is -2.34. The number of carbonyl (C=O) groups is 6. The summed E-state index contributed by atoms with van der Waals surface area (Å²) in [6, 6.07) is 0. The van der Waals surface area contributed by atoms with Crippen LogP contribution in [0, 0.1) is 0 Å². The molecule has 1 aliphatic rings. The first-order chi connectivity index (χ1) is 9.11. The van der Waals surface area contributed by atoms with Gasteiger partial charge in [0.2, 0.25) is 11.6 Å². The maximum absolute atomic E-state index is 12.2. The minimum Gasteiger partial charge on any atom is -0.294 e. The normalized spacial score (nSPS) is 15.6. The molecule has 1 aliphatic carbocycles. The van der Waals surface area contributed by atoms with Crippen molar-refractivity contribution in [3.63, 3.8) is 0 Å². The van der Waals surface area contributed by atoms with E-state index in [1.807, 2.05) is 0 Å². The number of carbonyl (C=O) groups excluding carboxylic acids is 6. The molecule has 0 amide bonds. The Kier molecular flexibility index (Phi) is 4.08. The van der Waals surface area contributed by atoms with Crippen LogP contribution in [-0.2, 0) is 28.8 Å². The summed E-state index contributed by atoms with van der Waals surface area (Å²) in [6.07, 6.45) is 0. The minimum absolute atomic E-state index is 0.627. The fraction of sp³-hybridized carbons (Fsp3) is 0.286. The molecule has 1 rings (SSSR count). The SMILES string of the molecule is CC(=O)C1=C(C(C)=O)C(=O)C(C(C)=O)=C(C(C)=O)C1=O. The first kappa shape index (κ1) is 15.6. The van der Waals surface area contributed by atoms with E-state index in [0.29, 0.717) is 0 Å². The third kappa shape index (κ3) is 2.32. The third-order valence-corrected chi connectivity index (χ3v) is 2.82. The Morgan fingerprint density at radius 1 is 0.500 bits per heavy atom. The molecule has 0 unspecified atom stereocenters. The molecule has 0 atom stereocenters. The van der Waals surface area contributed by atoms with Gasteiger partial charge in [-0.05, 0) is 27.7 Å². The molecule has 0 aromatic carbocycles. The van der Waals surface area contributed by atoms with Gasteiger partial charge in [-0.1, -0.05) is 0 Å². The molecule has 0 aromatic heterocycles. The van der Waals surface area contributed by atoms with Crippen molar-refractivity contribution < 1.29 is 28.8 Å². The molecule has 0 N–H and O–H groups in total. The fourth-order valence-electron chi connectivity index (χ4n) is 2.05. The summed E-state index contributed by atoms with van der Waals surface area (Å²) in [7, 11) is 0. The van der Waals surface area contributed by atoms with Gasteiger partial charge in [-0.2, -0.15) is 0 Å². The predicted octanol–water partition coefficient (Wildman–Crippen LogP) is 0.0874. The topological polar surface area (TPSA) is 102 Å². The van der Waals surface area contributed by atoms with Gasteiger partial charge in [0.15, 0.2) is 23.1 Å². The van der Waals surface area contributed by atoms with Crippen molar-refractivity contribution in [3.05, 3.63) is 22.3 Å². The lowest BCUT2D eigenvalue weighted by Gasteiger charge is -2.18.